The number of nitrogens with zero attached hydrogens (tertiary/aromatic N) is 1. The molecule has 2 aromatic carbocycles. The molecule has 1 aliphatic heterocycles. The average molecular weight is 392 g/mol. The van der Waals surface area contributed by atoms with Gasteiger partial charge in [0.1, 0.15) is 5.82 Å². The Kier molecular flexibility index (Phi) is 3.98. The van der Waals surface area contributed by atoms with Crippen molar-refractivity contribution in [3.63, 3.8) is 0 Å². The van der Waals surface area contributed by atoms with E-state index in [1.807, 2.05) is 48.5 Å². The van der Waals surface area contributed by atoms with Crippen molar-refractivity contribution in [2.45, 2.75) is 25.2 Å². The van der Waals surface area contributed by atoms with Gasteiger partial charge in [-0.1, -0.05) is 41.9 Å². The van der Waals surface area contributed by atoms with Crippen LogP contribution in [0.25, 0.3) is 5.69 Å². The number of aromatic nitrogens is 2. The van der Waals surface area contributed by atoms with E-state index in [4.69, 9.17) is 11.6 Å². The van der Waals surface area contributed by atoms with Gasteiger partial charge >= 0.3 is 0 Å². The Morgan fingerprint density at radius 1 is 1.00 bits per heavy atom. The minimum atomic E-state index is -0.425. The summed E-state index contributed by atoms with van der Waals surface area (Å²) in [6.45, 7) is 0. The summed E-state index contributed by atoms with van der Waals surface area (Å²) in [6.07, 6.45) is 2.10. The molecule has 0 saturated carbocycles. The predicted molar refractivity (Wildman–Crippen MR) is 109 cm³/mol. The van der Waals surface area contributed by atoms with E-state index in [1.165, 1.54) is 4.68 Å². The molecule has 2 aliphatic rings. The molecule has 0 fully saturated rings. The summed E-state index contributed by atoms with van der Waals surface area (Å²) in [5, 5.41) is 7.10. The highest BCUT2D eigenvalue weighted by Gasteiger charge is 2.38. The van der Waals surface area contributed by atoms with Crippen molar-refractivity contribution in [2.75, 3.05) is 5.32 Å². The lowest BCUT2D eigenvalue weighted by atomic mass is 9.77. The van der Waals surface area contributed by atoms with Crippen LogP contribution in [0, 0.1) is 0 Å². The lowest BCUT2D eigenvalue weighted by molar-refractivity contribution is -0.116. The fourth-order valence-corrected chi connectivity index (χ4v) is 4.41. The number of aromatic amines is 1. The van der Waals surface area contributed by atoms with E-state index in [-0.39, 0.29) is 11.3 Å². The quantitative estimate of drug-likeness (QED) is 0.681. The predicted octanol–water partition coefficient (Wildman–Crippen LogP) is 4.38. The highest BCUT2D eigenvalue weighted by Crippen LogP contribution is 2.43. The number of hydrogen-bond acceptors (Lipinski definition) is 3. The van der Waals surface area contributed by atoms with E-state index in [0.29, 0.717) is 28.4 Å². The second-order valence-corrected chi connectivity index (χ2v) is 7.60. The number of fused-ring (bicyclic) bond motifs is 1. The monoisotopic (exact) mass is 391 g/mol. The first-order valence-electron chi connectivity index (χ1n) is 9.32. The molecule has 5 nitrogen and oxygen atoms in total. The largest absolute Gasteiger partial charge is 0.343 e. The van der Waals surface area contributed by atoms with Crippen LogP contribution in [0.4, 0.5) is 5.82 Å². The zero-order chi connectivity index (χ0) is 19.3. The first-order valence-corrected chi connectivity index (χ1v) is 9.70. The summed E-state index contributed by atoms with van der Waals surface area (Å²) in [5.74, 6) is 0.315. The number of ketones is 1. The van der Waals surface area contributed by atoms with E-state index in [1.54, 1.807) is 6.07 Å². The van der Waals surface area contributed by atoms with Crippen LogP contribution in [0.1, 0.15) is 36.3 Å². The van der Waals surface area contributed by atoms with Gasteiger partial charge in [-0.3, -0.25) is 14.7 Å². The van der Waals surface area contributed by atoms with E-state index in [0.717, 1.165) is 29.8 Å². The summed E-state index contributed by atoms with van der Waals surface area (Å²) in [7, 11) is 0. The SMILES string of the molecule is O=C1CCCC2=C1[C@H](c1cccc(Cl)c1)c1c([nH]n(-c3ccccc3)c1=O)N2. The Balaban J connectivity index is 1.76. The number of halogens is 1. The summed E-state index contributed by atoms with van der Waals surface area (Å²) >= 11 is 6.24. The number of hydrogen-bond donors (Lipinski definition) is 2. The van der Waals surface area contributed by atoms with E-state index in [2.05, 4.69) is 10.4 Å². The molecule has 0 spiro atoms. The molecule has 28 heavy (non-hydrogen) atoms. The molecule has 0 amide bonds. The van der Waals surface area contributed by atoms with Crippen LogP contribution in [-0.4, -0.2) is 15.6 Å². The molecular formula is C22H18ClN3O2. The zero-order valence-corrected chi connectivity index (χ0v) is 15.8. The first-order chi connectivity index (χ1) is 13.6. The van der Waals surface area contributed by atoms with Crippen LogP contribution in [0.15, 0.2) is 70.7 Å². The molecule has 0 bridgehead atoms. The number of rotatable bonds is 2. The zero-order valence-electron chi connectivity index (χ0n) is 15.0. The van der Waals surface area contributed by atoms with Crippen molar-refractivity contribution in [1.29, 1.82) is 0 Å². The van der Waals surface area contributed by atoms with Crippen LogP contribution in [0.2, 0.25) is 5.02 Å². The number of allylic oxidation sites excluding steroid dienone is 2. The van der Waals surface area contributed by atoms with Gasteiger partial charge in [-0.25, -0.2) is 4.68 Å². The van der Waals surface area contributed by atoms with Crippen LogP contribution in [0.5, 0.6) is 0 Å². The highest BCUT2D eigenvalue weighted by atomic mass is 35.5. The van der Waals surface area contributed by atoms with Crippen LogP contribution in [0.3, 0.4) is 0 Å². The molecular weight excluding hydrogens is 374 g/mol. The van der Waals surface area contributed by atoms with Crippen molar-refractivity contribution in [3.8, 4) is 5.69 Å². The minimum Gasteiger partial charge on any atom is -0.343 e. The van der Waals surface area contributed by atoms with Crippen molar-refractivity contribution >= 4 is 23.2 Å². The maximum Gasteiger partial charge on any atom is 0.277 e. The second-order valence-electron chi connectivity index (χ2n) is 7.16. The van der Waals surface area contributed by atoms with Gasteiger partial charge < -0.3 is 5.32 Å². The summed E-state index contributed by atoms with van der Waals surface area (Å²) in [6, 6.07) is 16.8. The van der Waals surface area contributed by atoms with Gasteiger partial charge in [0.2, 0.25) is 0 Å². The highest BCUT2D eigenvalue weighted by molar-refractivity contribution is 6.30. The number of para-hydroxylation sites is 1. The lowest BCUT2D eigenvalue weighted by Crippen LogP contribution is -2.29. The van der Waals surface area contributed by atoms with Crippen LogP contribution in [-0.2, 0) is 4.79 Å². The molecule has 0 radical (unpaired) electrons. The van der Waals surface area contributed by atoms with Gasteiger partial charge in [-0.2, -0.15) is 0 Å². The van der Waals surface area contributed by atoms with Crippen molar-refractivity contribution in [1.82, 2.24) is 9.78 Å². The van der Waals surface area contributed by atoms with Gasteiger partial charge in [0.15, 0.2) is 5.78 Å². The Morgan fingerprint density at radius 3 is 2.61 bits per heavy atom. The Bertz CT molecular complexity index is 1170. The Morgan fingerprint density at radius 2 is 1.82 bits per heavy atom. The number of carbonyl (C=O) groups is 1. The number of carbonyl (C=O) groups excluding carboxylic acids is 1. The first kappa shape index (κ1) is 17.1. The van der Waals surface area contributed by atoms with Gasteiger partial charge in [0, 0.05) is 28.6 Å². The summed E-state index contributed by atoms with van der Waals surface area (Å²) < 4.78 is 1.53. The van der Waals surface area contributed by atoms with E-state index < -0.39 is 5.92 Å². The fraction of sp³-hybridized carbons (Fsp3) is 0.182. The maximum atomic E-state index is 13.4. The van der Waals surface area contributed by atoms with E-state index >= 15 is 0 Å². The molecule has 0 unspecified atom stereocenters. The third kappa shape index (κ3) is 2.62. The molecule has 1 atom stereocenters. The number of benzene rings is 2. The molecule has 140 valence electrons. The smallest absolute Gasteiger partial charge is 0.277 e. The minimum absolute atomic E-state index is 0.0937. The van der Waals surface area contributed by atoms with Gasteiger partial charge in [-0.15, -0.1) is 0 Å². The van der Waals surface area contributed by atoms with Crippen molar-refractivity contribution < 1.29 is 4.79 Å². The summed E-state index contributed by atoms with van der Waals surface area (Å²) in [5.41, 5.74) is 3.59. The van der Waals surface area contributed by atoms with Gasteiger partial charge in [-0.05, 0) is 42.7 Å². The van der Waals surface area contributed by atoms with Gasteiger partial charge in [0.25, 0.3) is 5.56 Å². The molecule has 0 saturated heterocycles. The molecule has 5 rings (SSSR count). The number of Topliss-reactive ketones (excluding diaryl/α,β-unsaturated/α-hetero) is 1. The second kappa shape index (κ2) is 6.53. The Labute approximate surface area is 166 Å². The van der Waals surface area contributed by atoms with E-state index in [9.17, 15) is 9.59 Å². The topological polar surface area (TPSA) is 66.9 Å². The normalized spacial score (nSPS) is 18.5. The maximum absolute atomic E-state index is 13.4. The average Bonchev–Trinajstić information content (AvgIpc) is 3.03. The fourth-order valence-electron chi connectivity index (χ4n) is 4.22. The van der Waals surface area contributed by atoms with Crippen molar-refractivity contribution in [2.24, 2.45) is 0 Å². The number of nitrogens with one attached hydrogen (secondary N) is 2. The summed E-state index contributed by atoms with van der Waals surface area (Å²) in [4.78, 5) is 26.2. The standard InChI is InChI=1S/C22H18ClN3O2/c23-14-7-4-6-13(12-14)18-19-16(10-5-11-17(19)27)24-21-20(18)22(28)26(25-21)15-8-2-1-3-9-15/h1-4,6-9,12,18,24-25H,5,10-11H2/t18-/m0/s1. The number of anilines is 1. The van der Waals surface area contributed by atoms with Gasteiger partial charge in [0.05, 0.1) is 11.3 Å². The Hall–Kier alpha value is -3.05. The molecule has 2 heterocycles. The number of H-pyrrole nitrogens is 1. The molecule has 1 aliphatic carbocycles. The molecule has 2 N–H and O–H groups in total. The third-order valence-electron chi connectivity index (χ3n) is 5.43. The molecule has 1 aromatic heterocycles. The third-order valence-corrected chi connectivity index (χ3v) is 5.67. The van der Waals surface area contributed by atoms with Crippen LogP contribution < -0.4 is 10.9 Å². The van der Waals surface area contributed by atoms with Crippen LogP contribution >= 0.6 is 11.6 Å². The molecule has 6 heteroatoms. The molecule has 3 aromatic rings. The lowest BCUT2D eigenvalue weighted by Gasteiger charge is -2.31. The van der Waals surface area contributed by atoms with Crippen molar-refractivity contribution in [3.05, 3.63) is 92.4 Å².